The van der Waals surface area contributed by atoms with Crippen molar-refractivity contribution in [2.24, 2.45) is 0 Å². The topological polar surface area (TPSA) is 187 Å². The molecule has 246 valence electrons. The molecule has 1 unspecified atom stereocenters. The summed E-state index contributed by atoms with van der Waals surface area (Å²) in [5, 5.41) is 23.7. The van der Waals surface area contributed by atoms with Gasteiger partial charge in [0.1, 0.15) is 13.2 Å². The zero-order chi connectivity index (χ0) is 34.2. The van der Waals surface area contributed by atoms with Crippen molar-refractivity contribution in [1.82, 2.24) is 5.32 Å². The number of esters is 2. The molecule has 0 bridgehead atoms. The van der Waals surface area contributed by atoms with Crippen molar-refractivity contribution < 1.29 is 53.1 Å². The van der Waals surface area contributed by atoms with E-state index in [1.807, 2.05) is 48.5 Å². The minimum atomic E-state index is -1.23. The number of carboxylic acid groups (broad SMARTS) is 1. The molecule has 1 aliphatic rings. The van der Waals surface area contributed by atoms with Crippen molar-refractivity contribution in [3.05, 3.63) is 125 Å². The summed E-state index contributed by atoms with van der Waals surface area (Å²) < 4.78 is 19.4. The number of amides is 2. The van der Waals surface area contributed by atoms with Gasteiger partial charge in [0, 0.05) is 5.69 Å². The van der Waals surface area contributed by atoms with Crippen LogP contribution in [0, 0.1) is 0 Å². The Hall–Kier alpha value is -5.95. The van der Waals surface area contributed by atoms with Gasteiger partial charge in [0.05, 0.1) is 43.1 Å². The summed E-state index contributed by atoms with van der Waals surface area (Å²) in [6, 6.07) is 22.0. The molecule has 4 rings (SSSR count). The average molecular weight is 647 g/mol. The van der Waals surface area contributed by atoms with Gasteiger partial charge >= 0.3 is 30.1 Å². The summed E-state index contributed by atoms with van der Waals surface area (Å²) >= 11 is 0. The number of carbonyl (C=O) groups is 5. The minimum Gasteiger partial charge on any atom is -0.478 e. The third-order valence-electron chi connectivity index (χ3n) is 6.54. The predicted octanol–water partition coefficient (Wildman–Crippen LogP) is 4.62. The van der Waals surface area contributed by atoms with Gasteiger partial charge in [-0.15, -0.1) is 0 Å². The van der Waals surface area contributed by atoms with Crippen LogP contribution in [0.2, 0.25) is 0 Å². The van der Waals surface area contributed by atoms with Crippen molar-refractivity contribution >= 4 is 35.8 Å². The zero-order valence-corrected chi connectivity index (χ0v) is 25.6. The third-order valence-corrected chi connectivity index (χ3v) is 6.54. The Morgan fingerprint density at radius 2 is 1.32 bits per heavy atom. The Kier molecular flexibility index (Phi) is 13.2. The Balaban J connectivity index is 0.000000256. The fraction of sp³-hybridized carbons (Fsp3) is 0.206. The van der Waals surface area contributed by atoms with Gasteiger partial charge in [0.15, 0.2) is 0 Å². The number of aliphatic hydroxyl groups excluding tert-OH is 1. The summed E-state index contributed by atoms with van der Waals surface area (Å²) in [4.78, 5) is 58.1. The van der Waals surface area contributed by atoms with Crippen LogP contribution in [0.5, 0.6) is 0 Å². The van der Waals surface area contributed by atoms with Crippen LogP contribution in [0.3, 0.4) is 0 Å². The molecule has 0 radical (unpaired) electrons. The Labute approximate surface area is 270 Å². The van der Waals surface area contributed by atoms with Crippen molar-refractivity contribution in [1.29, 1.82) is 0 Å². The normalized spacial score (nSPS) is 14.7. The van der Waals surface area contributed by atoms with Gasteiger partial charge in [-0.05, 0) is 41.8 Å². The first-order valence-electron chi connectivity index (χ1n) is 14.1. The summed E-state index contributed by atoms with van der Waals surface area (Å²) in [6.07, 6.45) is 3.69. The second kappa shape index (κ2) is 17.5. The predicted molar refractivity (Wildman–Crippen MR) is 168 cm³/mol. The molecule has 0 saturated heterocycles. The molecule has 1 atom stereocenters. The van der Waals surface area contributed by atoms with Crippen LogP contribution < -0.4 is 10.6 Å². The fourth-order valence-corrected chi connectivity index (χ4v) is 4.18. The smallest absolute Gasteiger partial charge is 0.411 e. The van der Waals surface area contributed by atoms with Crippen LogP contribution in [0.4, 0.5) is 15.3 Å². The monoisotopic (exact) mass is 646 g/mol. The highest BCUT2D eigenvalue weighted by molar-refractivity contribution is 5.98. The summed E-state index contributed by atoms with van der Waals surface area (Å²) in [6.45, 7) is -0.176. The van der Waals surface area contributed by atoms with Crippen LogP contribution in [0.15, 0.2) is 103 Å². The number of benzene rings is 3. The number of hydrogen-bond donors (Lipinski definition) is 4. The lowest BCUT2D eigenvalue weighted by Gasteiger charge is -2.31. The maximum Gasteiger partial charge on any atom is 0.411 e. The van der Waals surface area contributed by atoms with E-state index in [0.29, 0.717) is 6.42 Å². The first kappa shape index (κ1) is 35.5. The molecule has 3 aromatic carbocycles. The lowest BCUT2D eigenvalue weighted by molar-refractivity contribution is -0.135. The Morgan fingerprint density at radius 1 is 0.766 bits per heavy atom. The lowest BCUT2D eigenvalue weighted by Crippen LogP contribution is -2.51. The van der Waals surface area contributed by atoms with Crippen molar-refractivity contribution in [2.75, 3.05) is 26.1 Å². The number of aromatic carboxylic acids is 1. The van der Waals surface area contributed by atoms with Gasteiger partial charge in [0.2, 0.25) is 0 Å². The van der Waals surface area contributed by atoms with E-state index >= 15 is 0 Å². The van der Waals surface area contributed by atoms with E-state index in [1.54, 1.807) is 24.3 Å². The highest BCUT2D eigenvalue weighted by Crippen LogP contribution is 2.22. The van der Waals surface area contributed by atoms with E-state index in [1.165, 1.54) is 32.4 Å². The van der Waals surface area contributed by atoms with Crippen LogP contribution in [-0.4, -0.2) is 66.7 Å². The van der Waals surface area contributed by atoms with Gasteiger partial charge in [-0.2, -0.15) is 0 Å². The van der Waals surface area contributed by atoms with E-state index < -0.39 is 35.6 Å². The molecule has 4 N–H and O–H groups in total. The number of ether oxygens (including phenoxy) is 4. The molecule has 1 aliphatic carbocycles. The quantitative estimate of drug-likeness (QED) is 0.178. The Morgan fingerprint density at radius 3 is 1.85 bits per heavy atom. The molecule has 13 heteroatoms. The molecule has 0 aromatic heterocycles. The number of carboxylic acids is 1. The maximum atomic E-state index is 12.0. The second-order valence-corrected chi connectivity index (χ2v) is 9.98. The first-order valence-corrected chi connectivity index (χ1v) is 14.1. The number of alkyl carbamates (subject to hydrolysis) is 1. The Bertz CT molecular complexity index is 1620. The molecule has 0 saturated carbocycles. The first-order chi connectivity index (χ1) is 22.6. The zero-order valence-electron chi connectivity index (χ0n) is 25.6. The van der Waals surface area contributed by atoms with Gasteiger partial charge < -0.3 is 34.5 Å². The number of hydrogen-bond acceptors (Lipinski definition) is 10. The van der Waals surface area contributed by atoms with Crippen molar-refractivity contribution in [2.45, 2.75) is 25.2 Å². The third kappa shape index (κ3) is 11.2. The molecule has 2 amide bonds. The van der Waals surface area contributed by atoms with Crippen LogP contribution in [0.1, 0.15) is 38.3 Å². The largest absolute Gasteiger partial charge is 0.478 e. The maximum absolute atomic E-state index is 12.0. The van der Waals surface area contributed by atoms with Gasteiger partial charge in [-0.1, -0.05) is 72.8 Å². The molecule has 3 aromatic rings. The molecule has 0 fully saturated rings. The standard InChI is InChI=1S/C17H15NO6.C17H19NO5/c1-23-16(21)13-7-12(15(19)20)8-14(9-13)18-17(22)24-10-11-5-3-2-4-6-11;1-22-15(20)14-8-5-9-17(10-14,12-19)18-16(21)23-11-13-6-3-2-4-7-13/h2-9H,10H2,1H3,(H,18,22)(H,19,20);2-8,10,19H,9,11-12H2,1H3,(H,18,21). The van der Waals surface area contributed by atoms with E-state index in [-0.39, 0.29) is 42.2 Å². The van der Waals surface area contributed by atoms with Crippen LogP contribution in [0.25, 0.3) is 0 Å². The molecular formula is C34H34N2O11. The molecular weight excluding hydrogens is 612 g/mol. The van der Waals surface area contributed by atoms with Gasteiger partial charge in [-0.3, -0.25) is 5.32 Å². The number of methoxy groups -OCH3 is 2. The van der Waals surface area contributed by atoms with E-state index in [2.05, 4.69) is 20.1 Å². The van der Waals surface area contributed by atoms with Gasteiger partial charge in [-0.25, -0.2) is 24.0 Å². The van der Waals surface area contributed by atoms with Crippen molar-refractivity contribution in [3.8, 4) is 0 Å². The highest BCUT2D eigenvalue weighted by Gasteiger charge is 2.32. The van der Waals surface area contributed by atoms with E-state index in [9.17, 15) is 29.1 Å². The van der Waals surface area contributed by atoms with E-state index in [4.69, 9.17) is 14.6 Å². The lowest BCUT2D eigenvalue weighted by atomic mass is 9.89. The molecule has 13 nitrogen and oxygen atoms in total. The minimum absolute atomic E-state index is 0.00996. The molecule has 0 aliphatic heterocycles. The summed E-state index contributed by atoms with van der Waals surface area (Å²) in [5.41, 5.74) is 0.834. The number of anilines is 1. The number of carbonyl (C=O) groups excluding carboxylic acids is 4. The SMILES string of the molecule is COC(=O)C1=CC(CO)(NC(=O)OCc2ccccc2)CC=C1.COC(=O)c1cc(NC(=O)OCc2ccccc2)cc(C(=O)O)c1. The molecule has 0 spiro atoms. The summed E-state index contributed by atoms with van der Waals surface area (Å²) in [5.74, 6) is -2.47. The van der Waals surface area contributed by atoms with Crippen LogP contribution in [-0.2, 0) is 37.0 Å². The van der Waals surface area contributed by atoms with Gasteiger partial charge in [0.25, 0.3) is 0 Å². The molecule has 47 heavy (non-hydrogen) atoms. The van der Waals surface area contributed by atoms with Crippen LogP contribution >= 0.6 is 0 Å². The fourth-order valence-electron chi connectivity index (χ4n) is 4.18. The average Bonchev–Trinajstić information content (AvgIpc) is 3.10. The number of nitrogens with one attached hydrogen (secondary N) is 2. The van der Waals surface area contributed by atoms with E-state index in [0.717, 1.165) is 17.2 Å². The summed E-state index contributed by atoms with van der Waals surface area (Å²) in [7, 11) is 2.45. The second-order valence-electron chi connectivity index (χ2n) is 9.98. The highest BCUT2D eigenvalue weighted by atomic mass is 16.6. The van der Waals surface area contributed by atoms with Crippen molar-refractivity contribution in [3.63, 3.8) is 0 Å². The number of rotatable bonds is 10. The molecule has 0 heterocycles. The number of aliphatic hydroxyl groups is 1.